The molecule has 8 heteroatoms. The molecule has 38 heavy (non-hydrogen) atoms. The normalized spacial score (nSPS) is 21.6. The predicted molar refractivity (Wildman–Crippen MR) is 159 cm³/mol. The summed E-state index contributed by atoms with van der Waals surface area (Å²) in [6.07, 6.45) is 10.1. The first-order chi connectivity index (χ1) is 18.2. The van der Waals surface area contributed by atoms with E-state index in [1.165, 1.54) is 5.56 Å². The molecule has 0 aromatic heterocycles. The third-order valence-corrected chi connectivity index (χ3v) is 8.03. The Labute approximate surface area is 236 Å². The predicted octanol–water partition coefficient (Wildman–Crippen LogP) is 6.08. The topological polar surface area (TPSA) is 99.2 Å². The van der Waals surface area contributed by atoms with Crippen molar-refractivity contribution in [1.82, 2.24) is 9.80 Å². The van der Waals surface area contributed by atoms with Crippen molar-refractivity contribution in [3.63, 3.8) is 0 Å². The fourth-order valence-electron chi connectivity index (χ4n) is 5.74. The maximum absolute atomic E-state index is 13.1. The van der Waals surface area contributed by atoms with E-state index in [0.717, 1.165) is 55.6 Å². The number of alkyl halides is 1. The van der Waals surface area contributed by atoms with Crippen molar-refractivity contribution >= 4 is 40.2 Å². The molecule has 1 aromatic rings. The van der Waals surface area contributed by atoms with Gasteiger partial charge in [0, 0.05) is 49.6 Å². The van der Waals surface area contributed by atoms with Crippen LogP contribution in [0, 0.1) is 11.8 Å². The number of hydrogen-bond acceptors (Lipinski definition) is 4. The number of hydrogen-bond donors (Lipinski definition) is 2. The van der Waals surface area contributed by atoms with Crippen LogP contribution in [0.1, 0.15) is 76.8 Å². The van der Waals surface area contributed by atoms with Crippen LogP contribution in [0.15, 0.2) is 40.5 Å². The van der Waals surface area contributed by atoms with Crippen molar-refractivity contribution in [2.75, 3.05) is 26.2 Å². The number of allylic oxidation sites excluding steroid dienone is 3. The minimum absolute atomic E-state index is 0.105. The Balaban J connectivity index is 0.00000195. The highest BCUT2D eigenvalue weighted by atomic mass is 79.9. The lowest BCUT2D eigenvalue weighted by Gasteiger charge is -2.38. The first-order valence-electron chi connectivity index (χ1n) is 13.9. The van der Waals surface area contributed by atoms with Gasteiger partial charge in [0.1, 0.15) is 5.75 Å². The zero-order valence-corrected chi connectivity index (χ0v) is 24.8. The maximum atomic E-state index is 13.1. The SMILES string of the molecule is CC.CC1=C(N=CC(C)Br)C(C2CCN(C(=O)CC3CCN(C(N)=O)CC3)CC2)c2ccc(O)cc2C=C1. The zero-order chi connectivity index (χ0) is 27.8. The molecule has 2 fully saturated rings. The number of carbonyl (C=O) groups is 2. The van der Waals surface area contributed by atoms with Gasteiger partial charge >= 0.3 is 6.03 Å². The Kier molecular flexibility index (Phi) is 11.0. The van der Waals surface area contributed by atoms with Crippen molar-refractivity contribution in [3.05, 3.63) is 46.7 Å². The first-order valence-corrected chi connectivity index (χ1v) is 14.9. The molecule has 2 atom stereocenters. The van der Waals surface area contributed by atoms with Gasteiger partial charge in [0.25, 0.3) is 0 Å². The number of likely N-dealkylation sites (tertiary alicyclic amines) is 2. The number of urea groups is 1. The molecule has 4 rings (SSSR count). The number of phenols is 1. The number of rotatable bonds is 5. The van der Waals surface area contributed by atoms with E-state index < -0.39 is 0 Å². The van der Waals surface area contributed by atoms with Crippen LogP contribution in [0.3, 0.4) is 0 Å². The first kappa shape index (κ1) is 29.9. The molecule has 0 spiro atoms. The number of carbonyl (C=O) groups excluding carboxylic acids is 2. The van der Waals surface area contributed by atoms with Crippen molar-refractivity contribution < 1.29 is 14.7 Å². The number of amides is 3. The molecule has 208 valence electrons. The lowest BCUT2D eigenvalue weighted by Crippen LogP contribution is -2.44. The summed E-state index contributed by atoms with van der Waals surface area (Å²) in [7, 11) is 0. The van der Waals surface area contributed by atoms with Crippen LogP contribution in [0.5, 0.6) is 5.75 Å². The standard InChI is InChI=1S/C28H37BrN4O3.C2H6/c1-18-3-4-22-16-23(34)5-6-24(22)26(27(18)31-17-19(2)29)21-9-13-32(14-10-21)25(35)15-20-7-11-33(12-8-20)28(30)36;1-2/h3-6,16-17,19-21,26,34H,7-15H2,1-2H3,(H2,30,36);1-2H3. The fourth-order valence-corrected chi connectivity index (χ4v) is 5.86. The van der Waals surface area contributed by atoms with Crippen LogP contribution in [-0.2, 0) is 4.79 Å². The van der Waals surface area contributed by atoms with Crippen molar-refractivity contribution in [2.24, 2.45) is 22.6 Å². The summed E-state index contributed by atoms with van der Waals surface area (Å²) in [5, 5.41) is 10.1. The smallest absolute Gasteiger partial charge is 0.314 e. The number of aliphatic imine (C=N–C) groups is 1. The summed E-state index contributed by atoms with van der Waals surface area (Å²) >= 11 is 3.58. The summed E-state index contributed by atoms with van der Waals surface area (Å²) in [6.45, 7) is 10.9. The van der Waals surface area contributed by atoms with E-state index in [1.54, 1.807) is 11.0 Å². The van der Waals surface area contributed by atoms with Crippen LogP contribution in [0.25, 0.3) is 6.08 Å². The lowest BCUT2D eigenvalue weighted by molar-refractivity contribution is -0.134. The number of phenolic OH excluding ortho intramolecular Hbond substituents is 1. The molecule has 0 saturated carbocycles. The molecule has 1 aliphatic carbocycles. The van der Waals surface area contributed by atoms with Gasteiger partial charge in [0.15, 0.2) is 0 Å². The Hall–Kier alpha value is -2.61. The van der Waals surface area contributed by atoms with Crippen LogP contribution >= 0.6 is 15.9 Å². The number of benzene rings is 1. The number of halogens is 1. The molecule has 3 aliphatic rings. The van der Waals surface area contributed by atoms with Gasteiger partial charge in [-0.25, -0.2) is 4.79 Å². The fraction of sp³-hybridized carbons (Fsp3) is 0.567. The summed E-state index contributed by atoms with van der Waals surface area (Å²) in [5.41, 5.74) is 9.78. The molecule has 0 bridgehead atoms. The molecule has 2 saturated heterocycles. The largest absolute Gasteiger partial charge is 0.508 e. The average molecular weight is 588 g/mol. The summed E-state index contributed by atoms with van der Waals surface area (Å²) < 4.78 is 0. The zero-order valence-electron chi connectivity index (χ0n) is 23.2. The molecule has 3 N–H and O–H groups in total. The highest BCUT2D eigenvalue weighted by Crippen LogP contribution is 2.44. The Bertz CT molecular complexity index is 1070. The second-order valence-corrected chi connectivity index (χ2v) is 11.8. The molecule has 2 aliphatic heterocycles. The Morgan fingerprint density at radius 1 is 1.11 bits per heavy atom. The lowest BCUT2D eigenvalue weighted by atomic mass is 9.76. The number of piperidine rings is 2. The molecular formula is C30H43BrN4O3. The van der Waals surface area contributed by atoms with E-state index in [9.17, 15) is 14.7 Å². The summed E-state index contributed by atoms with van der Waals surface area (Å²) in [4.78, 5) is 33.2. The van der Waals surface area contributed by atoms with Gasteiger partial charge in [-0.3, -0.25) is 9.79 Å². The summed E-state index contributed by atoms with van der Waals surface area (Å²) in [5.74, 6) is 1.25. The van der Waals surface area contributed by atoms with Gasteiger partial charge in [0.2, 0.25) is 5.91 Å². The maximum Gasteiger partial charge on any atom is 0.314 e. The van der Waals surface area contributed by atoms with Gasteiger partial charge in [-0.15, -0.1) is 0 Å². The summed E-state index contributed by atoms with van der Waals surface area (Å²) in [6, 6.07) is 5.25. The van der Waals surface area contributed by atoms with Crippen LogP contribution in [0.4, 0.5) is 4.79 Å². The van der Waals surface area contributed by atoms with Gasteiger partial charge in [-0.05, 0) is 80.2 Å². The van der Waals surface area contributed by atoms with Gasteiger partial charge in [0.05, 0.1) is 5.70 Å². The molecule has 2 heterocycles. The number of fused-ring (bicyclic) bond motifs is 1. The van der Waals surface area contributed by atoms with Gasteiger partial charge in [-0.2, -0.15) is 0 Å². The van der Waals surface area contributed by atoms with Crippen molar-refractivity contribution in [3.8, 4) is 5.75 Å². The Morgan fingerprint density at radius 2 is 1.74 bits per heavy atom. The van der Waals surface area contributed by atoms with E-state index >= 15 is 0 Å². The molecule has 2 unspecified atom stereocenters. The highest BCUT2D eigenvalue weighted by molar-refractivity contribution is 9.09. The third-order valence-electron chi connectivity index (χ3n) is 7.79. The number of primary amides is 1. The minimum atomic E-state index is -0.370. The van der Waals surface area contributed by atoms with Gasteiger partial charge < -0.3 is 20.6 Å². The number of nitrogens with zero attached hydrogens (tertiary/aromatic N) is 3. The van der Waals surface area contributed by atoms with Crippen LogP contribution in [0.2, 0.25) is 0 Å². The monoisotopic (exact) mass is 586 g/mol. The number of nitrogens with two attached hydrogens (primary N) is 1. The second kappa shape index (κ2) is 14.0. The molecular weight excluding hydrogens is 544 g/mol. The second-order valence-electron chi connectivity index (χ2n) is 10.3. The third kappa shape index (κ3) is 7.49. The number of aromatic hydroxyl groups is 1. The molecule has 0 radical (unpaired) electrons. The van der Waals surface area contributed by atoms with E-state index in [1.807, 2.05) is 37.1 Å². The van der Waals surface area contributed by atoms with E-state index in [0.29, 0.717) is 31.3 Å². The molecule has 7 nitrogen and oxygen atoms in total. The highest BCUT2D eigenvalue weighted by Gasteiger charge is 2.35. The van der Waals surface area contributed by atoms with Crippen LogP contribution in [-0.4, -0.2) is 64.1 Å². The Morgan fingerprint density at radius 3 is 2.34 bits per heavy atom. The minimum Gasteiger partial charge on any atom is -0.508 e. The quantitative estimate of drug-likeness (QED) is 0.323. The van der Waals surface area contributed by atoms with Crippen LogP contribution < -0.4 is 5.73 Å². The van der Waals surface area contributed by atoms with E-state index in [-0.39, 0.29) is 28.4 Å². The van der Waals surface area contributed by atoms with Crippen molar-refractivity contribution in [1.29, 1.82) is 0 Å². The molecule has 1 aromatic carbocycles. The van der Waals surface area contributed by atoms with Crippen molar-refractivity contribution in [2.45, 2.75) is 70.5 Å². The average Bonchev–Trinajstić information content (AvgIpc) is 3.04. The van der Waals surface area contributed by atoms with E-state index in [2.05, 4.69) is 41.9 Å². The van der Waals surface area contributed by atoms with Gasteiger partial charge in [-0.1, -0.05) is 48.0 Å². The van der Waals surface area contributed by atoms with E-state index in [4.69, 9.17) is 10.7 Å². The molecule has 3 amide bonds.